The Bertz CT molecular complexity index is 282. The summed E-state index contributed by atoms with van der Waals surface area (Å²) in [5.41, 5.74) is 0. The standard InChI is InChI=1S/C19H44NO3Si.ClH/c1-7-8-9-10-11-12-13-14-15-17-20(2,3)18-16-19-24(21-4,22-5)23-6;/h7-19H2,1-6H3;1H/q+1;/p-1. The Kier molecular flexibility index (Phi) is 18.2. The van der Waals surface area contributed by atoms with Gasteiger partial charge in [-0.25, -0.2) is 0 Å². The Morgan fingerprint density at radius 1 is 0.640 bits per heavy atom. The first-order chi connectivity index (χ1) is 11.4. The van der Waals surface area contributed by atoms with E-state index in [1.807, 2.05) is 0 Å². The lowest BCUT2D eigenvalue weighted by Gasteiger charge is -2.31. The van der Waals surface area contributed by atoms with Gasteiger partial charge in [0.1, 0.15) is 0 Å². The van der Waals surface area contributed by atoms with Crippen molar-refractivity contribution in [2.75, 3.05) is 48.5 Å². The van der Waals surface area contributed by atoms with Gasteiger partial charge in [-0.05, 0) is 12.8 Å². The van der Waals surface area contributed by atoms with E-state index < -0.39 is 8.80 Å². The molecule has 0 atom stereocenters. The van der Waals surface area contributed by atoms with Crippen LogP contribution < -0.4 is 12.4 Å². The minimum absolute atomic E-state index is 0. The molecule has 4 nitrogen and oxygen atoms in total. The van der Waals surface area contributed by atoms with Gasteiger partial charge in [0.25, 0.3) is 0 Å². The third kappa shape index (κ3) is 14.1. The van der Waals surface area contributed by atoms with Gasteiger partial charge in [-0.3, -0.25) is 0 Å². The second kappa shape index (κ2) is 16.5. The number of quaternary nitrogens is 1. The average molecular weight is 398 g/mol. The highest BCUT2D eigenvalue weighted by Crippen LogP contribution is 2.17. The van der Waals surface area contributed by atoms with E-state index in [4.69, 9.17) is 13.3 Å². The summed E-state index contributed by atoms with van der Waals surface area (Å²) >= 11 is 0. The number of nitrogens with zero attached hydrogens (tertiary/aromatic N) is 1. The largest absolute Gasteiger partial charge is 1.00 e. The zero-order valence-corrected chi connectivity index (χ0v) is 19.5. The van der Waals surface area contributed by atoms with Crippen LogP contribution in [0.15, 0.2) is 0 Å². The molecule has 0 aromatic rings. The molecule has 0 radical (unpaired) electrons. The molecular formula is C19H44ClNO3Si. The van der Waals surface area contributed by atoms with Gasteiger partial charge in [-0.1, -0.05) is 51.9 Å². The molecule has 6 heteroatoms. The highest BCUT2D eigenvalue weighted by atomic mass is 35.5. The summed E-state index contributed by atoms with van der Waals surface area (Å²) < 4.78 is 17.6. The van der Waals surface area contributed by atoms with Gasteiger partial charge in [0, 0.05) is 33.8 Å². The minimum atomic E-state index is -2.39. The van der Waals surface area contributed by atoms with Crippen LogP contribution in [0.4, 0.5) is 0 Å². The molecule has 0 amide bonds. The molecule has 0 spiro atoms. The first kappa shape index (κ1) is 27.6. The number of halogens is 1. The van der Waals surface area contributed by atoms with Crippen LogP contribution in [0.2, 0.25) is 6.04 Å². The highest BCUT2D eigenvalue weighted by Gasteiger charge is 2.37. The van der Waals surface area contributed by atoms with E-state index in [2.05, 4.69) is 21.0 Å². The smallest absolute Gasteiger partial charge is 0.500 e. The van der Waals surface area contributed by atoms with Crippen LogP contribution in [0.25, 0.3) is 0 Å². The van der Waals surface area contributed by atoms with Crippen LogP contribution in [0.3, 0.4) is 0 Å². The summed E-state index contributed by atoms with van der Waals surface area (Å²) in [6.07, 6.45) is 13.7. The monoisotopic (exact) mass is 397 g/mol. The maximum Gasteiger partial charge on any atom is 0.500 e. The summed E-state index contributed by atoms with van der Waals surface area (Å²) in [7, 11) is 7.37. The Labute approximate surface area is 165 Å². The maximum atomic E-state index is 5.50. The predicted molar refractivity (Wildman–Crippen MR) is 105 cm³/mol. The zero-order valence-electron chi connectivity index (χ0n) is 17.7. The molecule has 0 aliphatic carbocycles. The molecule has 0 saturated carbocycles. The molecule has 0 rings (SSSR count). The minimum Gasteiger partial charge on any atom is -1.00 e. The lowest BCUT2D eigenvalue weighted by Crippen LogP contribution is -3.00. The van der Waals surface area contributed by atoms with Crippen molar-refractivity contribution in [3.05, 3.63) is 0 Å². The predicted octanol–water partition coefficient (Wildman–Crippen LogP) is 1.87. The molecule has 0 fully saturated rings. The summed E-state index contributed by atoms with van der Waals surface area (Å²) in [4.78, 5) is 0. The van der Waals surface area contributed by atoms with E-state index in [1.54, 1.807) is 21.3 Å². The van der Waals surface area contributed by atoms with Gasteiger partial charge in [0.05, 0.1) is 27.2 Å². The summed E-state index contributed by atoms with van der Waals surface area (Å²) in [6.45, 7) is 4.70. The molecule has 0 bridgehead atoms. The van der Waals surface area contributed by atoms with Crippen molar-refractivity contribution in [2.45, 2.75) is 77.2 Å². The van der Waals surface area contributed by atoms with E-state index in [1.165, 1.54) is 64.3 Å². The van der Waals surface area contributed by atoms with Gasteiger partial charge < -0.3 is 30.2 Å². The topological polar surface area (TPSA) is 27.7 Å². The summed E-state index contributed by atoms with van der Waals surface area (Å²) in [5, 5.41) is 0. The molecule has 0 N–H and O–H groups in total. The molecular weight excluding hydrogens is 354 g/mol. The zero-order chi connectivity index (χ0) is 18.3. The van der Waals surface area contributed by atoms with Crippen LogP contribution in [0.1, 0.15) is 71.1 Å². The lowest BCUT2D eigenvalue weighted by molar-refractivity contribution is -0.890. The lowest BCUT2D eigenvalue weighted by atomic mass is 10.1. The normalized spacial score (nSPS) is 12.2. The van der Waals surface area contributed by atoms with Gasteiger partial charge in [-0.2, -0.15) is 0 Å². The molecule has 0 aromatic carbocycles. The van der Waals surface area contributed by atoms with Crippen molar-refractivity contribution in [3.63, 3.8) is 0 Å². The Balaban J connectivity index is 0. The second-order valence-corrected chi connectivity index (χ2v) is 10.7. The summed E-state index contributed by atoms with van der Waals surface area (Å²) in [6, 6.07) is 0.899. The Morgan fingerprint density at radius 3 is 1.48 bits per heavy atom. The molecule has 0 aliphatic heterocycles. The van der Waals surface area contributed by atoms with E-state index in [0.29, 0.717) is 0 Å². The fraction of sp³-hybridized carbons (Fsp3) is 1.00. The van der Waals surface area contributed by atoms with Crippen LogP contribution in [-0.4, -0.2) is 61.8 Å². The Morgan fingerprint density at radius 2 is 1.04 bits per heavy atom. The van der Waals surface area contributed by atoms with Gasteiger partial charge >= 0.3 is 8.80 Å². The third-order valence-corrected chi connectivity index (χ3v) is 7.88. The van der Waals surface area contributed by atoms with Gasteiger partial charge in [0.2, 0.25) is 0 Å². The molecule has 0 heterocycles. The van der Waals surface area contributed by atoms with Crippen LogP contribution in [-0.2, 0) is 13.3 Å². The number of unbranched alkanes of at least 4 members (excludes halogenated alkanes) is 8. The first-order valence-electron chi connectivity index (χ1n) is 9.92. The summed E-state index contributed by atoms with van der Waals surface area (Å²) in [5.74, 6) is 0. The van der Waals surface area contributed by atoms with E-state index in [-0.39, 0.29) is 12.4 Å². The van der Waals surface area contributed by atoms with Gasteiger partial charge in [0.15, 0.2) is 0 Å². The number of hydrogen-bond donors (Lipinski definition) is 0. The molecule has 25 heavy (non-hydrogen) atoms. The van der Waals surface area contributed by atoms with Crippen LogP contribution in [0, 0.1) is 0 Å². The van der Waals surface area contributed by atoms with Crippen molar-refractivity contribution >= 4 is 8.80 Å². The average Bonchev–Trinajstić information content (AvgIpc) is 2.57. The van der Waals surface area contributed by atoms with Gasteiger partial charge in [-0.15, -0.1) is 0 Å². The van der Waals surface area contributed by atoms with Crippen molar-refractivity contribution in [1.82, 2.24) is 0 Å². The molecule has 0 aliphatic rings. The first-order valence-corrected chi connectivity index (χ1v) is 11.9. The third-order valence-electron chi connectivity index (χ3n) is 5.05. The fourth-order valence-corrected chi connectivity index (χ4v) is 4.95. The van der Waals surface area contributed by atoms with Crippen LogP contribution >= 0.6 is 0 Å². The van der Waals surface area contributed by atoms with Crippen molar-refractivity contribution in [2.24, 2.45) is 0 Å². The van der Waals surface area contributed by atoms with E-state index in [9.17, 15) is 0 Å². The van der Waals surface area contributed by atoms with Crippen LogP contribution in [0.5, 0.6) is 0 Å². The second-order valence-electron chi connectivity index (χ2n) is 7.61. The number of rotatable bonds is 17. The maximum absolute atomic E-state index is 5.50. The fourth-order valence-electron chi connectivity index (χ4n) is 3.24. The van der Waals surface area contributed by atoms with Crippen molar-refractivity contribution in [3.8, 4) is 0 Å². The quantitative estimate of drug-likeness (QED) is 0.213. The van der Waals surface area contributed by atoms with Crippen molar-refractivity contribution < 1.29 is 30.2 Å². The molecule has 0 unspecified atom stereocenters. The molecule has 0 saturated heterocycles. The van der Waals surface area contributed by atoms with Crippen molar-refractivity contribution in [1.29, 1.82) is 0 Å². The number of hydrogen-bond acceptors (Lipinski definition) is 3. The van der Waals surface area contributed by atoms with E-state index in [0.717, 1.165) is 23.5 Å². The SMILES string of the molecule is CCCCCCCCCCC[N+](C)(C)CCC[Si](OC)(OC)OC.[Cl-]. The Hall–Kier alpha value is 0.347. The molecule has 154 valence electrons. The molecule has 0 aromatic heterocycles. The highest BCUT2D eigenvalue weighted by molar-refractivity contribution is 6.60. The van der Waals surface area contributed by atoms with E-state index >= 15 is 0 Å².